The molecule has 3 aromatic rings. The second-order valence-electron chi connectivity index (χ2n) is 5.53. The van der Waals surface area contributed by atoms with Crippen LogP contribution in [0.3, 0.4) is 0 Å². The van der Waals surface area contributed by atoms with Gasteiger partial charge in [-0.2, -0.15) is 9.97 Å². The lowest BCUT2D eigenvalue weighted by molar-refractivity contribution is 0.372. The third-order valence-corrected chi connectivity index (χ3v) is 5.78. The molecule has 0 aliphatic heterocycles. The number of nitrogens with one attached hydrogen (secondary N) is 1. The molecule has 1 aromatic heterocycles. The molecule has 0 aliphatic rings. The number of rotatable bonds is 6. The Hall–Kier alpha value is -2.55. The predicted octanol–water partition coefficient (Wildman–Crippen LogP) is 4.27. The standard InChI is InChI=1S/C18H15Cl2N3O4S/c1-26-16-10-17(27-2)22-18(21-16)11-3-6-13(7-4-11)23-28(24,25)15-8-5-12(19)9-14(15)20/h3-10,23H,1-2H3. The number of hydrogen-bond acceptors (Lipinski definition) is 6. The molecule has 0 aliphatic carbocycles. The monoisotopic (exact) mass is 439 g/mol. The van der Waals surface area contributed by atoms with Crippen LogP contribution in [-0.2, 0) is 10.0 Å². The summed E-state index contributed by atoms with van der Waals surface area (Å²) in [6.07, 6.45) is 0. The van der Waals surface area contributed by atoms with E-state index in [-0.39, 0.29) is 9.92 Å². The molecule has 1 N–H and O–H groups in total. The van der Waals surface area contributed by atoms with Gasteiger partial charge in [0, 0.05) is 16.3 Å². The lowest BCUT2D eigenvalue weighted by Crippen LogP contribution is -2.13. The Balaban J connectivity index is 1.87. The number of benzene rings is 2. The van der Waals surface area contributed by atoms with Crippen LogP contribution in [0.25, 0.3) is 11.4 Å². The number of methoxy groups -OCH3 is 2. The third-order valence-electron chi connectivity index (χ3n) is 3.68. The average molecular weight is 440 g/mol. The van der Waals surface area contributed by atoms with Crippen LogP contribution in [0.2, 0.25) is 10.0 Å². The molecule has 3 rings (SSSR count). The zero-order valence-corrected chi connectivity index (χ0v) is 17.1. The molecule has 146 valence electrons. The van der Waals surface area contributed by atoms with E-state index in [1.54, 1.807) is 30.3 Å². The molecule has 0 bridgehead atoms. The van der Waals surface area contributed by atoms with E-state index >= 15 is 0 Å². The van der Waals surface area contributed by atoms with E-state index in [4.69, 9.17) is 32.7 Å². The number of sulfonamides is 1. The van der Waals surface area contributed by atoms with Crippen molar-refractivity contribution in [3.05, 3.63) is 58.6 Å². The Kier molecular flexibility index (Phi) is 5.93. The molecular weight excluding hydrogens is 425 g/mol. The molecule has 0 unspecified atom stereocenters. The van der Waals surface area contributed by atoms with Crippen molar-refractivity contribution in [2.75, 3.05) is 18.9 Å². The van der Waals surface area contributed by atoms with Crippen molar-refractivity contribution in [3.63, 3.8) is 0 Å². The molecule has 1 heterocycles. The van der Waals surface area contributed by atoms with Crippen LogP contribution < -0.4 is 14.2 Å². The minimum absolute atomic E-state index is 0.0356. The van der Waals surface area contributed by atoms with E-state index in [1.807, 2.05) is 0 Å². The molecule has 10 heteroatoms. The number of hydrogen-bond donors (Lipinski definition) is 1. The summed E-state index contributed by atoms with van der Waals surface area (Å²) in [5.74, 6) is 1.08. The van der Waals surface area contributed by atoms with Gasteiger partial charge in [0.1, 0.15) is 4.90 Å². The van der Waals surface area contributed by atoms with Crippen molar-refractivity contribution in [3.8, 4) is 23.1 Å². The number of halogens is 2. The van der Waals surface area contributed by atoms with E-state index in [9.17, 15) is 8.42 Å². The Morgan fingerprint density at radius 3 is 2.04 bits per heavy atom. The highest BCUT2D eigenvalue weighted by Crippen LogP contribution is 2.28. The molecule has 0 radical (unpaired) electrons. The van der Waals surface area contributed by atoms with Crippen molar-refractivity contribution < 1.29 is 17.9 Å². The van der Waals surface area contributed by atoms with E-state index in [1.165, 1.54) is 32.4 Å². The fourth-order valence-electron chi connectivity index (χ4n) is 2.33. The maximum Gasteiger partial charge on any atom is 0.263 e. The summed E-state index contributed by atoms with van der Waals surface area (Å²) in [4.78, 5) is 8.45. The van der Waals surface area contributed by atoms with Gasteiger partial charge in [0.05, 0.1) is 25.3 Å². The van der Waals surface area contributed by atoms with Gasteiger partial charge in [-0.1, -0.05) is 23.2 Å². The maximum atomic E-state index is 12.6. The Morgan fingerprint density at radius 1 is 0.893 bits per heavy atom. The topological polar surface area (TPSA) is 90.4 Å². The highest BCUT2D eigenvalue weighted by atomic mass is 35.5. The van der Waals surface area contributed by atoms with Crippen molar-refractivity contribution in [2.45, 2.75) is 4.90 Å². The lowest BCUT2D eigenvalue weighted by atomic mass is 10.2. The fraction of sp³-hybridized carbons (Fsp3) is 0.111. The summed E-state index contributed by atoms with van der Waals surface area (Å²) in [6, 6.07) is 12.3. The van der Waals surface area contributed by atoms with E-state index in [0.717, 1.165) is 0 Å². The van der Waals surface area contributed by atoms with E-state index in [0.29, 0.717) is 33.9 Å². The summed E-state index contributed by atoms with van der Waals surface area (Å²) < 4.78 is 37.9. The molecule has 0 fully saturated rings. The maximum absolute atomic E-state index is 12.6. The van der Waals surface area contributed by atoms with Gasteiger partial charge in [-0.05, 0) is 42.5 Å². The summed E-state index contributed by atoms with van der Waals surface area (Å²) >= 11 is 11.8. The summed E-state index contributed by atoms with van der Waals surface area (Å²) in [6.45, 7) is 0. The van der Waals surface area contributed by atoms with Crippen molar-refractivity contribution in [1.82, 2.24) is 9.97 Å². The molecule has 0 atom stereocenters. The predicted molar refractivity (Wildman–Crippen MR) is 108 cm³/mol. The summed E-state index contributed by atoms with van der Waals surface area (Å²) in [5.41, 5.74) is 1.01. The zero-order chi connectivity index (χ0) is 20.3. The molecular formula is C18H15Cl2N3O4S. The molecule has 0 spiro atoms. The zero-order valence-electron chi connectivity index (χ0n) is 14.8. The molecule has 0 saturated carbocycles. The first-order valence-electron chi connectivity index (χ1n) is 7.88. The van der Waals surface area contributed by atoms with Gasteiger partial charge in [-0.3, -0.25) is 4.72 Å². The molecule has 28 heavy (non-hydrogen) atoms. The van der Waals surface area contributed by atoms with Gasteiger partial charge in [0.2, 0.25) is 11.8 Å². The van der Waals surface area contributed by atoms with Crippen LogP contribution in [0.15, 0.2) is 53.4 Å². The number of aromatic nitrogens is 2. The Morgan fingerprint density at radius 2 is 1.50 bits per heavy atom. The van der Waals surface area contributed by atoms with Crippen LogP contribution >= 0.6 is 23.2 Å². The number of ether oxygens (including phenoxy) is 2. The number of nitrogens with zero attached hydrogens (tertiary/aromatic N) is 2. The Bertz CT molecular complexity index is 1080. The first kappa shape index (κ1) is 20.2. The molecule has 2 aromatic carbocycles. The third kappa shape index (κ3) is 4.46. The van der Waals surface area contributed by atoms with Gasteiger partial charge >= 0.3 is 0 Å². The first-order valence-corrected chi connectivity index (χ1v) is 10.1. The highest BCUT2D eigenvalue weighted by Gasteiger charge is 2.18. The summed E-state index contributed by atoms with van der Waals surface area (Å²) in [5, 5.41) is 0.385. The SMILES string of the molecule is COc1cc(OC)nc(-c2ccc(NS(=O)(=O)c3ccc(Cl)cc3Cl)cc2)n1. The van der Waals surface area contributed by atoms with Gasteiger partial charge in [-0.25, -0.2) is 8.42 Å². The molecule has 0 amide bonds. The minimum atomic E-state index is -3.87. The highest BCUT2D eigenvalue weighted by molar-refractivity contribution is 7.92. The largest absolute Gasteiger partial charge is 0.481 e. The van der Waals surface area contributed by atoms with Crippen molar-refractivity contribution in [2.24, 2.45) is 0 Å². The van der Waals surface area contributed by atoms with E-state index < -0.39 is 10.0 Å². The summed E-state index contributed by atoms with van der Waals surface area (Å²) in [7, 11) is -0.889. The van der Waals surface area contributed by atoms with E-state index in [2.05, 4.69) is 14.7 Å². The quantitative estimate of drug-likeness (QED) is 0.616. The van der Waals surface area contributed by atoms with Crippen LogP contribution in [0.4, 0.5) is 5.69 Å². The van der Waals surface area contributed by atoms with Crippen LogP contribution in [-0.4, -0.2) is 32.6 Å². The van der Waals surface area contributed by atoms with Gasteiger partial charge < -0.3 is 9.47 Å². The normalized spacial score (nSPS) is 11.1. The van der Waals surface area contributed by atoms with Crippen molar-refractivity contribution in [1.29, 1.82) is 0 Å². The van der Waals surface area contributed by atoms with Gasteiger partial charge in [0.15, 0.2) is 5.82 Å². The van der Waals surface area contributed by atoms with Crippen LogP contribution in [0.5, 0.6) is 11.8 Å². The minimum Gasteiger partial charge on any atom is -0.481 e. The smallest absolute Gasteiger partial charge is 0.263 e. The van der Waals surface area contributed by atoms with Crippen LogP contribution in [0, 0.1) is 0 Å². The molecule has 0 saturated heterocycles. The molecule has 7 nitrogen and oxygen atoms in total. The fourth-order valence-corrected chi connectivity index (χ4v) is 4.17. The van der Waals surface area contributed by atoms with Crippen molar-refractivity contribution >= 4 is 38.9 Å². The number of anilines is 1. The second kappa shape index (κ2) is 8.22. The van der Waals surface area contributed by atoms with Gasteiger partial charge in [-0.15, -0.1) is 0 Å². The Labute approximate surface area is 172 Å². The van der Waals surface area contributed by atoms with Crippen LogP contribution in [0.1, 0.15) is 0 Å². The van der Waals surface area contributed by atoms with Gasteiger partial charge in [0.25, 0.3) is 10.0 Å². The lowest BCUT2D eigenvalue weighted by Gasteiger charge is -2.11. The average Bonchev–Trinajstić information content (AvgIpc) is 2.67. The second-order valence-corrected chi connectivity index (χ2v) is 8.03. The first-order chi connectivity index (χ1) is 13.3.